The Morgan fingerprint density at radius 3 is 2.81 bits per heavy atom. The van der Waals surface area contributed by atoms with Crippen molar-refractivity contribution in [3.63, 3.8) is 0 Å². The topological polar surface area (TPSA) is 35.8 Å². The first-order chi connectivity index (χ1) is 7.57. The molecule has 0 heterocycles. The number of nitrogens with one attached hydrogen (secondary N) is 1. The van der Waals surface area contributed by atoms with Gasteiger partial charge >= 0.3 is 0 Å². The van der Waals surface area contributed by atoms with E-state index >= 15 is 0 Å². The van der Waals surface area contributed by atoms with E-state index in [1.807, 2.05) is 36.0 Å². The van der Waals surface area contributed by atoms with Crippen molar-refractivity contribution in [1.29, 1.82) is 5.26 Å². The second-order valence-corrected chi connectivity index (χ2v) is 5.89. The van der Waals surface area contributed by atoms with Crippen molar-refractivity contribution < 1.29 is 0 Å². The highest BCUT2D eigenvalue weighted by Gasteiger charge is 2.14. The molecule has 1 aromatic rings. The normalized spacial score (nSPS) is 11.1. The third kappa shape index (κ3) is 4.26. The van der Waals surface area contributed by atoms with Crippen LogP contribution in [0.1, 0.15) is 25.0 Å². The minimum atomic E-state index is 0.257. The largest absolute Gasteiger partial charge is 0.311 e. The number of benzene rings is 1. The second-order valence-electron chi connectivity index (χ2n) is 4.38. The Morgan fingerprint density at radius 2 is 2.19 bits per heavy atom. The summed E-state index contributed by atoms with van der Waals surface area (Å²) in [6.07, 6.45) is 2.12. The second kappa shape index (κ2) is 5.93. The predicted molar refractivity (Wildman–Crippen MR) is 70.5 cm³/mol. The summed E-state index contributed by atoms with van der Waals surface area (Å²) < 4.78 is 0.257. The standard InChI is InChI=1S/C13H18N2S/c1-13(2,16-3)10-15-9-12-6-4-5-11(7-12)8-14/h4-7,15H,9-10H2,1-3H3. The van der Waals surface area contributed by atoms with Crippen LogP contribution in [0.3, 0.4) is 0 Å². The van der Waals surface area contributed by atoms with Crippen molar-refractivity contribution in [3.05, 3.63) is 35.4 Å². The van der Waals surface area contributed by atoms with Crippen molar-refractivity contribution in [1.82, 2.24) is 5.32 Å². The summed E-state index contributed by atoms with van der Waals surface area (Å²) in [7, 11) is 0. The molecule has 3 heteroatoms. The Bertz CT molecular complexity index is 380. The van der Waals surface area contributed by atoms with Crippen LogP contribution in [0.2, 0.25) is 0 Å². The lowest BCUT2D eigenvalue weighted by atomic mass is 10.1. The van der Waals surface area contributed by atoms with Gasteiger partial charge in [-0.3, -0.25) is 0 Å². The van der Waals surface area contributed by atoms with Crippen LogP contribution < -0.4 is 5.32 Å². The molecule has 0 aliphatic carbocycles. The first-order valence-electron chi connectivity index (χ1n) is 5.32. The molecule has 0 atom stereocenters. The molecule has 1 aromatic carbocycles. The minimum Gasteiger partial charge on any atom is -0.311 e. The summed E-state index contributed by atoms with van der Waals surface area (Å²) in [5.41, 5.74) is 1.89. The molecule has 0 radical (unpaired) electrons. The van der Waals surface area contributed by atoms with Crippen LogP contribution in [0.4, 0.5) is 0 Å². The van der Waals surface area contributed by atoms with Crippen molar-refractivity contribution in [2.75, 3.05) is 12.8 Å². The zero-order chi connectivity index (χ0) is 12.0. The Labute approximate surface area is 102 Å². The lowest BCUT2D eigenvalue weighted by Gasteiger charge is -2.22. The van der Waals surface area contributed by atoms with E-state index in [2.05, 4.69) is 31.5 Å². The molecule has 1 rings (SSSR count). The summed E-state index contributed by atoms with van der Waals surface area (Å²) in [5.74, 6) is 0. The minimum absolute atomic E-state index is 0.257. The van der Waals surface area contributed by atoms with Gasteiger partial charge in [0, 0.05) is 17.8 Å². The fourth-order valence-electron chi connectivity index (χ4n) is 1.33. The monoisotopic (exact) mass is 234 g/mol. The third-order valence-corrected chi connectivity index (χ3v) is 3.74. The number of rotatable bonds is 5. The zero-order valence-electron chi connectivity index (χ0n) is 10.1. The maximum atomic E-state index is 8.78. The van der Waals surface area contributed by atoms with Crippen molar-refractivity contribution in [2.45, 2.75) is 25.1 Å². The van der Waals surface area contributed by atoms with E-state index in [0.717, 1.165) is 24.2 Å². The summed E-state index contributed by atoms with van der Waals surface area (Å²) in [6, 6.07) is 9.88. The molecule has 0 aromatic heterocycles. The molecule has 2 nitrogen and oxygen atoms in total. The van der Waals surface area contributed by atoms with Crippen molar-refractivity contribution >= 4 is 11.8 Å². The predicted octanol–water partition coefficient (Wildman–Crippen LogP) is 2.79. The fourth-order valence-corrected chi connectivity index (χ4v) is 1.58. The Morgan fingerprint density at radius 1 is 1.44 bits per heavy atom. The van der Waals surface area contributed by atoms with Gasteiger partial charge in [0.05, 0.1) is 11.6 Å². The molecule has 0 amide bonds. The molecule has 0 saturated heterocycles. The van der Waals surface area contributed by atoms with E-state index in [9.17, 15) is 0 Å². The quantitative estimate of drug-likeness (QED) is 0.851. The Balaban J connectivity index is 2.46. The molecular formula is C13H18N2S. The molecule has 0 bridgehead atoms. The molecule has 86 valence electrons. The zero-order valence-corrected chi connectivity index (χ0v) is 10.9. The van der Waals surface area contributed by atoms with E-state index in [4.69, 9.17) is 5.26 Å². The summed E-state index contributed by atoms with van der Waals surface area (Å²) in [4.78, 5) is 0. The Kier molecular flexibility index (Phi) is 4.85. The van der Waals surface area contributed by atoms with Gasteiger partial charge in [0.1, 0.15) is 0 Å². The number of thioether (sulfide) groups is 1. The Hall–Kier alpha value is -0.980. The van der Waals surface area contributed by atoms with Gasteiger partial charge in [-0.2, -0.15) is 17.0 Å². The molecular weight excluding hydrogens is 216 g/mol. The van der Waals surface area contributed by atoms with Crippen molar-refractivity contribution in [2.24, 2.45) is 0 Å². The van der Waals surface area contributed by atoms with Gasteiger partial charge in [0.15, 0.2) is 0 Å². The van der Waals surface area contributed by atoms with E-state index in [1.165, 1.54) is 0 Å². The van der Waals surface area contributed by atoms with E-state index in [1.54, 1.807) is 0 Å². The molecule has 0 aliphatic rings. The van der Waals surface area contributed by atoms with Crippen LogP contribution in [0.5, 0.6) is 0 Å². The summed E-state index contributed by atoms with van der Waals surface area (Å²) in [5, 5.41) is 12.2. The van der Waals surface area contributed by atoms with Crippen LogP contribution in [0.15, 0.2) is 24.3 Å². The van der Waals surface area contributed by atoms with Crippen molar-refractivity contribution in [3.8, 4) is 6.07 Å². The van der Waals surface area contributed by atoms with Gasteiger partial charge in [-0.15, -0.1) is 0 Å². The van der Waals surface area contributed by atoms with Gasteiger partial charge < -0.3 is 5.32 Å². The molecule has 0 fully saturated rings. The van der Waals surface area contributed by atoms with Crippen LogP contribution in [-0.4, -0.2) is 17.5 Å². The van der Waals surface area contributed by atoms with Gasteiger partial charge in [-0.05, 0) is 37.8 Å². The number of hydrogen-bond donors (Lipinski definition) is 1. The van der Waals surface area contributed by atoms with Gasteiger partial charge in [-0.25, -0.2) is 0 Å². The summed E-state index contributed by atoms with van der Waals surface area (Å²) >= 11 is 1.86. The van der Waals surface area contributed by atoms with E-state index < -0.39 is 0 Å². The van der Waals surface area contributed by atoms with Crippen LogP contribution in [0, 0.1) is 11.3 Å². The van der Waals surface area contributed by atoms with Gasteiger partial charge in [0.25, 0.3) is 0 Å². The van der Waals surface area contributed by atoms with Gasteiger partial charge in [-0.1, -0.05) is 12.1 Å². The first kappa shape index (κ1) is 13.1. The van der Waals surface area contributed by atoms with E-state index in [-0.39, 0.29) is 4.75 Å². The SMILES string of the molecule is CSC(C)(C)CNCc1cccc(C#N)c1. The first-order valence-corrected chi connectivity index (χ1v) is 6.55. The maximum Gasteiger partial charge on any atom is 0.0991 e. The lowest BCUT2D eigenvalue weighted by molar-refractivity contribution is 0.591. The highest BCUT2D eigenvalue weighted by molar-refractivity contribution is 7.99. The van der Waals surface area contributed by atoms with E-state index in [0.29, 0.717) is 0 Å². The molecule has 16 heavy (non-hydrogen) atoms. The smallest absolute Gasteiger partial charge is 0.0991 e. The van der Waals surface area contributed by atoms with Crippen LogP contribution in [0.25, 0.3) is 0 Å². The van der Waals surface area contributed by atoms with Crippen LogP contribution in [-0.2, 0) is 6.54 Å². The average molecular weight is 234 g/mol. The third-order valence-electron chi connectivity index (χ3n) is 2.49. The molecule has 0 spiro atoms. The fraction of sp³-hybridized carbons (Fsp3) is 0.462. The number of nitriles is 1. The maximum absolute atomic E-state index is 8.78. The highest BCUT2D eigenvalue weighted by Crippen LogP contribution is 2.19. The highest BCUT2D eigenvalue weighted by atomic mass is 32.2. The van der Waals surface area contributed by atoms with Crippen LogP contribution >= 0.6 is 11.8 Å². The molecule has 0 saturated carbocycles. The molecule has 1 N–H and O–H groups in total. The number of nitrogens with zero attached hydrogens (tertiary/aromatic N) is 1. The lowest BCUT2D eigenvalue weighted by Crippen LogP contribution is -2.31. The molecule has 0 unspecified atom stereocenters. The number of hydrogen-bond acceptors (Lipinski definition) is 3. The molecule has 0 aliphatic heterocycles. The average Bonchev–Trinajstić information content (AvgIpc) is 2.29. The summed E-state index contributed by atoms with van der Waals surface area (Å²) in [6.45, 7) is 6.22. The van der Waals surface area contributed by atoms with Gasteiger partial charge in [0.2, 0.25) is 0 Å².